The zero-order chi connectivity index (χ0) is 16.7. The summed E-state index contributed by atoms with van der Waals surface area (Å²) in [6, 6.07) is 6.37. The lowest BCUT2D eigenvalue weighted by molar-refractivity contribution is -0.117. The Morgan fingerprint density at radius 1 is 1.32 bits per heavy atom. The molecule has 1 aromatic carbocycles. The van der Waals surface area contributed by atoms with Crippen molar-refractivity contribution in [3.63, 3.8) is 0 Å². The Labute approximate surface area is 135 Å². The number of benzene rings is 1. The third kappa shape index (κ3) is 3.44. The van der Waals surface area contributed by atoms with Gasteiger partial charge in [-0.2, -0.15) is 0 Å². The van der Waals surface area contributed by atoms with Gasteiger partial charge in [-0.15, -0.1) is 0 Å². The first-order chi connectivity index (χ1) is 10.0. The third-order valence-corrected chi connectivity index (χ3v) is 9.55. The van der Waals surface area contributed by atoms with Crippen LogP contribution in [-0.4, -0.2) is 26.9 Å². The van der Waals surface area contributed by atoms with Gasteiger partial charge in [-0.05, 0) is 42.2 Å². The molecule has 1 aromatic rings. The maximum absolute atomic E-state index is 12.1. The van der Waals surface area contributed by atoms with Gasteiger partial charge in [-0.25, -0.2) is 0 Å². The molecular weight excluding hydrogens is 290 g/mol. The van der Waals surface area contributed by atoms with Gasteiger partial charge < -0.3 is 9.33 Å². The van der Waals surface area contributed by atoms with Crippen LogP contribution in [0.25, 0.3) is 0 Å². The SMILES string of the molecule is CC(=O)N1C[C@H](O[Si](C)(C)C(C)(C)C)Cc2ccc(C)cc21. The number of carbonyl (C=O) groups excluding carboxylic acids is 1. The molecule has 22 heavy (non-hydrogen) atoms. The normalized spacial score (nSPS) is 19.0. The van der Waals surface area contributed by atoms with Crippen LogP contribution in [0.5, 0.6) is 0 Å². The van der Waals surface area contributed by atoms with Gasteiger partial charge in [0.2, 0.25) is 5.91 Å². The van der Waals surface area contributed by atoms with Crippen molar-refractivity contribution in [3.05, 3.63) is 29.3 Å². The van der Waals surface area contributed by atoms with Crippen molar-refractivity contribution < 1.29 is 9.22 Å². The Kier molecular flexibility index (Phi) is 4.55. The number of amides is 1. The maximum atomic E-state index is 12.1. The van der Waals surface area contributed by atoms with Crippen LogP contribution >= 0.6 is 0 Å². The van der Waals surface area contributed by atoms with E-state index in [-0.39, 0.29) is 17.0 Å². The summed E-state index contributed by atoms with van der Waals surface area (Å²) in [6.07, 6.45) is 0.992. The predicted octanol–water partition coefficient (Wildman–Crippen LogP) is 4.29. The highest BCUT2D eigenvalue weighted by Crippen LogP contribution is 2.39. The molecule has 1 aliphatic heterocycles. The molecule has 1 aliphatic rings. The zero-order valence-electron chi connectivity index (χ0n) is 15.0. The summed E-state index contributed by atoms with van der Waals surface area (Å²) in [4.78, 5) is 13.9. The molecular formula is C18H29NO2Si. The summed E-state index contributed by atoms with van der Waals surface area (Å²) >= 11 is 0. The summed E-state index contributed by atoms with van der Waals surface area (Å²) in [5.41, 5.74) is 3.46. The van der Waals surface area contributed by atoms with Crippen molar-refractivity contribution in [1.82, 2.24) is 0 Å². The minimum Gasteiger partial charge on any atom is -0.412 e. The standard InChI is InChI=1S/C18H29NO2Si/c1-13-8-9-15-11-16(21-22(6,7)18(3,4)5)12-19(14(2)20)17(15)10-13/h8-10,16H,11-12H2,1-7H3/t16-/m1/s1. The molecule has 0 bridgehead atoms. The molecule has 4 heteroatoms. The molecule has 122 valence electrons. The molecule has 0 spiro atoms. The van der Waals surface area contributed by atoms with Crippen molar-refractivity contribution >= 4 is 19.9 Å². The first-order valence-electron chi connectivity index (χ1n) is 8.07. The fourth-order valence-electron chi connectivity index (χ4n) is 2.68. The van der Waals surface area contributed by atoms with Crippen LogP contribution in [0.1, 0.15) is 38.8 Å². The molecule has 1 atom stereocenters. The van der Waals surface area contributed by atoms with Gasteiger partial charge in [0.1, 0.15) is 0 Å². The average Bonchev–Trinajstić information content (AvgIpc) is 2.36. The van der Waals surface area contributed by atoms with E-state index in [1.807, 2.05) is 4.90 Å². The van der Waals surface area contributed by atoms with E-state index in [0.717, 1.165) is 12.1 Å². The number of aryl methyl sites for hydroxylation is 1. The van der Waals surface area contributed by atoms with Crippen molar-refractivity contribution in [3.8, 4) is 0 Å². The predicted molar refractivity (Wildman–Crippen MR) is 95.0 cm³/mol. The van der Waals surface area contributed by atoms with E-state index in [2.05, 4.69) is 59.0 Å². The van der Waals surface area contributed by atoms with Crippen LogP contribution in [0.15, 0.2) is 18.2 Å². The second-order valence-electron chi connectivity index (χ2n) is 7.97. The molecule has 0 saturated carbocycles. The van der Waals surface area contributed by atoms with Gasteiger partial charge in [0.15, 0.2) is 8.32 Å². The molecule has 0 aromatic heterocycles. The lowest BCUT2D eigenvalue weighted by atomic mass is 9.98. The van der Waals surface area contributed by atoms with Crippen LogP contribution in [0.4, 0.5) is 5.69 Å². The second-order valence-corrected chi connectivity index (χ2v) is 12.7. The van der Waals surface area contributed by atoms with Crippen molar-refractivity contribution in [2.24, 2.45) is 0 Å². The number of hydrogen-bond donors (Lipinski definition) is 0. The highest BCUT2D eigenvalue weighted by Gasteiger charge is 2.40. The molecule has 0 unspecified atom stereocenters. The monoisotopic (exact) mass is 319 g/mol. The van der Waals surface area contributed by atoms with Crippen LogP contribution in [-0.2, 0) is 15.6 Å². The summed E-state index contributed by atoms with van der Waals surface area (Å²) in [5.74, 6) is 0.0929. The van der Waals surface area contributed by atoms with Crippen LogP contribution < -0.4 is 4.90 Å². The summed E-state index contributed by atoms with van der Waals surface area (Å²) in [6.45, 7) is 15.7. The molecule has 1 heterocycles. The van der Waals surface area contributed by atoms with Crippen LogP contribution in [0.2, 0.25) is 18.1 Å². The number of nitrogens with zero attached hydrogens (tertiary/aromatic N) is 1. The molecule has 3 nitrogen and oxygen atoms in total. The Morgan fingerprint density at radius 2 is 1.95 bits per heavy atom. The average molecular weight is 320 g/mol. The van der Waals surface area contributed by atoms with E-state index in [9.17, 15) is 4.79 Å². The second kappa shape index (κ2) is 5.82. The molecule has 0 fully saturated rings. The van der Waals surface area contributed by atoms with Gasteiger partial charge in [0.05, 0.1) is 12.6 Å². The van der Waals surface area contributed by atoms with E-state index in [1.54, 1.807) is 6.92 Å². The largest absolute Gasteiger partial charge is 0.412 e. The van der Waals surface area contributed by atoms with Crippen molar-refractivity contribution in [1.29, 1.82) is 0 Å². The fraction of sp³-hybridized carbons (Fsp3) is 0.611. The lowest BCUT2D eigenvalue weighted by Crippen LogP contribution is -2.50. The van der Waals surface area contributed by atoms with Crippen LogP contribution in [0.3, 0.4) is 0 Å². The number of anilines is 1. The Morgan fingerprint density at radius 3 is 2.50 bits per heavy atom. The minimum atomic E-state index is -1.83. The highest BCUT2D eigenvalue weighted by atomic mass is 28.4. The first-order valence-corrected chi connectivity index (χ1v) is 11.0. The smallest absolute Gasteiger partial charge is 0.223 e. The number of carbonyl (C=O) groups is 1. The summed E-state index contributed by atoms with van der Waals surface area (Å²) < 4.78 is 6.56. The van der Waals surface area contributed by atoms with E-state index < -0.39 is 8.32 Å². The third-order valence-electron chi connectivity index (χ3n) is 5.01. The van der Waals surface area contributed by atoms with Crippen LogP contribution in [0, 0.1) is 6.92 Å². The summed E-state index contributed by atoms with van der Waals surface area (Å²) in [5, 5.41) is 0.182. The number of hydrogen-bond acceptors (Lipinski definition) is 2. The zero-order valence-corrected chi connectivity index (χ0v) is 16.0. The molecule has 2 rings (SSSR count). The maximum Gasteiger partial charge on any atom is 0.223 e. The topological polar surface area (TPSA) is 29.5 Å². The van der Waals surface area contributed by atoms with Gasteiger partial charge in [0.25, 0.3) is 0 Å². The van der Waals surface area contributed by atoms with E-state index in [4.69, 9.17) is 4.43 Å². The van der Waals surface area contributed by atoms with E-state index in [0.29, 0.717) is 6.54 Å². The summed E-state index contributed by atoms with van der Waals surface area (Å²) in [7, 11) is -1.83. The molecule has 0 aliphatic carbocycles. The van der Waals surface area contributed by atoms with E-state index >= 15 is 0 Å². The first kappa shape index (κ1) is 17.2. The van der Waals surface area contributed by atoms with Gasteiger partial charge >= 0.3 is 0 Å². The lowest BCUT2D eigenvalue weighted by Gasteiger charge is -2.42. The number of fused-ring (bicyclic) bond motifs is 1. The molecule has 0 N–H and O–H groups in total. The Balaban J connectivity index is 2.28. The fourth-order valence-corrected chi connectivity index (χ4v) is 4.02. The van der Waals surface area contributed by atoms with E-state index in [1.165, 1.54) is 11.1 Å². The molecule has 0 saturated heterocycles. The number of rotatable bonds is 2. The molecule has 0 radical (unpaired) electrons. The Bertz CT molecular complexity index is 575. The van der Waals surface area contributed by atoms with Gasteiger partial charge in [0, 0.05) is 19.0 Å². The van der Waals surface area contributed by atoms with Crippen molar-refractivity contribution in [2.45, 2.75) is 65.3 Å². The van der Waals surface area contributed by atoms with Gasteiger partial charge in [-0.1, -0.05) is 32.9 Å². The van der Waals surface area contributed by atoms with Crippen molar-refractivity contribution in [2.75, 3.05) is 11.4 Å². The quantitative estimate of drug-likeness (QED) is 0.761. The van der Waals surface area contributed by atoms with Gasteiger partial charge in [-0.3, -0.25) is 4.79 Å². The molecule has 1 amide bonds. The highest BCUT2D eigenvalue weighted by molar-refractivity contribution is 6.74. The Hall–Kier alpha value is -1.13. The minimum absolute atomic E-state index is 0.0929.